The lowest BCUT2D eigenvalue weighted by molar-refractivity contribution is -0.120. The van der Waals surface area contributed by atoms with E-state index >= 15 is 0 Å². The number of carbonyl (C=O) groups excluding carboxylic acids is 1. The number of aryl methyl sites for hydroxylation is 3. The molecule has 0 atom stereocenters. The molecule has 2 heterocycles. The number of carbonyl (C=O) groups is 1. The van der Waals surface area contributed by atoms with E-state index < -0.39 is 0 Å². The molecule has 114 valence electrons. The molecule has 1 N–H and O–H groups in total. The van der Waals surface area contributed by atoms with Crippen molar-refractivity contribution in [2.45, 2.75) is 39.5 Å². The second-order valence-electron chi connectivity index (χ2n) is 4.99. The fourth-order valence-electron chi connectivity index (χ4n) is 2.12. The molecule has 0 aliphatic heterocycles. The molecule has 0 saturated carbocycles. The van der Waals surface area contributed by atoms with Crippen LogP contribution in [0.1, 0.15) is 34.7 Å². The third-order valence-corrected chi connectivity index (χ3v) is 4.61. The standard InChI is InChI=1S/C15H19ClN2O2S/c1-10-13(11(2)20-18-10)9-15(19)17-8-4-3-5-12-6-7-14(16)21-12/h6-7H,3-5,8-9H2,1-2H3,(H,17,19). The van der Waals surface area contributed by atoms with Crippen molar-refractivity contribution in [1.82, 2.24) is 10.5 Å². The number of thiophene rings is 1. The first-order chi connectivity index (χ1) is 10.1. The van der Waals surface area contributed by atoms with E-state index in [2.05, 4.69) is 16.5 Å². The molecule has 0 aromatic carbocycles. The quantitative estimate of drug-likeness (QED) is 0.789. The number of nitrogens with one attached hydrogen (secondary N) is 1. The second-order valence-corrected chi connectivity index (χ2v) is 6.79. The van der Waals surface area contributed by atoms with Crippen LogP contribution in [0.4, 0.5) is 0 Å². The first-order valence-electron chi connectivity index (χ1n) is 6.99. The van der Waals surface area contributed by atoms with E-state index in [0.29, 0.717) is 13.0 Å². The Hall–Kier alpha value is -1.33. The summed E-state index contributed by atoms with van der Waals surface area (Å²) >= 11 is 7.50. The summed E-state index contributed by atoms with van der Waals surface area (Å²) < 4.78 is 5.88. The number of hydrogen-bond acceptors (Lipinski definition) is 4. The number of amides is 1. The summed E-state index contributed by atoms with van der Waals surface area (Å²) in [6.45, 7) is 4.38. The minimum Gasteiger partial charge on any atom is -0.361 e. The molecule has 2 aromatic rings. The molecule has 21 heavy (non-hydrogen) atoms. The fourth-order valence-corrected chi connectivity index (χ4v) is 3.24. The van der Waals surface area contributed by atoms with Crippen molar-refractivity contribution in [3.8, 4) is 0 Å². The smallest absolute Gasteiger partial charge is 0.224 e. The van der Waals surface area contributed by atoms with Gasteiger partial charge in [-0.25, -0.2) is 0 Å². The summed E-state index contributed by atoms with van der Waals surface area (Å²) in [5.41, 5.74) is 1.68. The largest absolute Gasteiger partial charge is 0.361 e. The second kappa shape index (κ2) is 7.61. The third-order valence-electron chi connectivity index (χ3n) is 3.32. The SMILES string of the molecule is Cc1noc(C)c1CC(=O)NCCCCc1ccc(Cl)s1. The number of nitrogens with zero attached hydrogens (tertiary/aromatic N) is 1. The van der Waals surface area contributed by atoms with Crippen molar-refractivity contribution in [3.05, 3.63) is 38.4 Å². The van der Waals surface area contributed by atoms with Crippen LogP contribution in [0.25, 0.3) is 0 Å². The summed E-state index contributed by atoms with van der Waals surface area (Å²) in [5, 5.41) is 6.79. The van der Waals surface area contributed by atoms with E-state index in [1.165, 1.54) is 4.88 Å². The monoisotopic (exact) mass is 326 g/mol. The Morgan fingerprint density at radius 2 is 2.19 bits per heavy atom. The molecular formula is C15H19ClN2O2S. The lowest BCUT2D eigenvalue weighted by atomic mass is 10.1. The molecule has 0 spiro atoms. The van der Waals surface area contributed by atoms with Crippen LogP contribution in [0.15, 0.2) is 16.7 Å². The van der Waals surface area contributed by atoms with Crippen molar-refractivity contribution in [2.24, 2.45) is 0 Å². The summed E-state index contributed by atoms with van der Waals surface area (Å²) in [6.07, 6.45) is 3.35. The molecular weight excluding hydrogens is 308 g/mol. The van der Waals surface area contributed by atoms with Crippen molar-refractivity contribution in [2.75, 3.05) is 6.54 Å². The normalized spacial score (nSPS) is 10.8. The lowest BCUT2D eigenvalue weighted by Gasteiger charge is -2.04. The summed E-state index contributed by atoms with van der Waals surface area (Å²) in [4.78, 5) is 13.1. The first-order valence-corrected chi connectivity index (χ1v) is 8.18. The maximum absolute atomic E-state index is 11.9. The zero-order valence-electron chi connectivity index (χ0n) is 12.2. The van der Waals surface area contributed by atoms with E-state index in [1.807, 2.05) is 19.9 Å². The maximum atomic E-state index is 11.9. The van der Waals surface area contributed by atoms with Crippen molar-refractivity contribution in [1.29, 1.82) is 0 Å². The molecule has 2 aromatic heterocycles. The minimum absolute atomic E-state index is 0.0172. The molecule has 6 heteroatoms. The number of halogens is 1. The summed E-state index contributed by atoms with van der Waals surface area (Å²) in [7, 11) is 0. The van der Waals surface area contributed by atoms with Gasteiger partial charge >= 0.3 is 0 Å². The number of rotatable bonds is 7. The zero-order valence-corrected chi connectivity index (χ0v) is 13.8. The molecule has 2 rings (SSSR count). The molecule has 0 bridgehead atoms. The van der Waals surface area contributed by atoms with E-state index in [4.69, 9.17) is 16.1 Å². The van der Waals surface area contributed by atoms with Gasteiger partial charge in [0.05, 0.1) is 16.5 Å². The van der Waals surface area contributed by atoms with Crippen LogP contribution >= 0.6 is 22.9 Å². The average Bonchev–Trinajstić information content (AvgIpc) is 2.99. The van der Waals surface area contributed by atoms with Gasteiger partial charge in [0.2, 0.25) is 5.91 Å². The molecule has 0 saturated heterocycles. The Balaban J connectivity index is 1.63. The van der Waals surface area contributed by atoms with Gasteiger partial charge < -0.3 is 9.84 Å². The zero-order chi connectivity index (χ0) is 15.2. The molecule has 0 radical (unpaired) electrons. The van der Waals surface area contributed by atoms with Gasteiger partial charge in [-0.1, -0.05) is 16.8 Å². The number of hydrogen-bond donors (Lipinski definition) is 1. The van der Waals surface area contributed by atoms with E-state index in [-0.39, 0.29) is 5.91 Å². The van der Waals surface area contributed by atoms with Crippen molar-refractivity contribution < 1.29 is 9.32 Å². The predicted molar refractivity (Wildman–Crippen MR) is 85.0 cm³/mol. The average molecular weight is 327 g/mol. The summed E-state index contributed by atoms with van der Waals surface area (Å²) in [6, 6.07) is 3.98. The van der Waals surface area contributed by atoms with Crippen molar-refractivity contribution >= 4 is 28.8 Å². The van der Waals surface area contributed by atoms with Gasteiger partial charge in [0, 0.05) is 17.0 Å². The van der Waals surface area contributed by atoms with Crippen LogP contribution in [0.2, 0.25) is 4.34 Å². The molecule has 0 aliphatic carbocycles. The highest BCUT2D eigenvalue weighted by atomic mass is 35.5. The fraction of sp³-hybridized carbons (Fsp3) is 0.467. The number of aromatic nitrogens is 1. The van der Waals surface area contributed by atoms with Gasteiger partial charge in [-0.05, 0) is 45.2 Å². The van der Waals surface area contributed by atoms with Crippen LogP contribution in [-0.4, -0.2) is 17.6 Å². The van der Waals surface area contributed by atoms with Crippen molar-refractivity contribution in [3.63, 3.8) is 0 Å². The topological polar surface area (TPSA) is 55.1 Å². The first kappa shape index (κ1) is 16.0. The van der Waals surface area contributed by atoms with Crippen LogP contribution in [0.5, 0.6) is 0 Å². The molecule has 1 amide bonds. The maximum Gasteiger partial charge on any atom is 0.224 e. The van der Waals surface area contributed by atoms with E-state index in [0.717, 1.165) is 40.6 Å². The van der Waals surface area contributed by atoms with Crippen LogP contribution in [0, 0.1) is 13.8 Å². The Morgan fingerprint density at radius 1 is 1.38 bits per heavy atom. The van der Waals surface area contributed by atoms with Gasteiger partial charge in [-0.3, -0.25) is 4.79 Å². The highest BCUT2D eigenvalue weighted by molar-refractivity contribution is 7.16. The Morgan fingerprint density at radius 3 is 2.81 bits per heavy atom. The predicted octanol–water partition coefficient (Wildman–Crippen LogP) is 3.69. The minimum atomic E-state index is 0.0172. The third kappa shape index (κ3) is 4.86. The highest BCUT2D eigenvalue weighted by Gasteiger charge is 2.12. The Labute approximate surface area is 133 Å². The molecule has 4 nitrogen and oxygen atoms in total. The Bertz CT molecular complexity index is 587. The molecule has 0 aliphatic rings. The van der Waals surface area contributed by atoms with Gasteiger partial charge in [-0.15, -0.1) is 11.3 Å². The van der Waals surface area contributed by atoms with Crippen LogP contribution in [0.3, 0.4) is 0 Å². The Kier molecular flexibility index (Phi) is 5.82. The lowest BCUT2D eigenvalue weighted by Crippen LogP contribution is -2.26. The summed E-state index contributed by atoms with van der Waals surface area (Å²) in [5.74, 6) is 0.737. The number of unbranched alkanes of at least 4 members (excludes halogenated alkanes) is 1. The van der Waals surface area contributed by atoms with Crippen LogP contribution in [-0.2, 0) is 17.6 Å². The van der Waals surface area contributed by atoms with Gasteiger partial charge in [-0.2, -0.15) is 0 Å². The highest BCUT2D eigenvalue weighted by Crippen LogP contribution is 2.22. The van der Waals surface area contributed by atoms with E-state index in [1.54, 1.807) is 11.3 Å². The van der Waals surface area contributed by atoms with Gasteiger partial charge in [0.1, 0.15) is 5.76 Å². The van der Waals surface area contributed by atoms with Gasteiger partial charge in [0.15, 0.2) is 0 Å². The van der Waals surface area contributed by atoms with Gasteiger partial charge in [0.25, 0.3) is 0 Å². The molecule has 0 unspecified atom stereocenters. The van der Waals surface area contributed by atoms with E-state index in [9.17, 15) is 4.79 Å². The van der Waals surface area contributed by atoms with Crippen LogP contribution < -0.4 is 5.32 Å². The molecule has 0 fully saturated rings.